The zero-order valence-corrected chi connectivity index (χ0v) is 18.4. The van der Waals surface area contributed by atoms with Crippen LogP contribution >= 0.6 is 23.1 Å². The molecule has 0 bridgehead atoms. The lowest BCUT2D eigenvalue weighted by Crippen LogP contribution is -2.63. The first-order valence-corrected chi connectivity index (χ1v) is 11.5. The second kappa shape index (κ2) is 7.44. The van der Waals surface area contributed by atoms with E-state index in [1.807, 2.05) is 42.8 Å². The topological polar surface area (TPSA) is 104 Å². The van der Waals surface area contributed by atoms with Crippen LogP contribution in [-0.2, 0) is 9.59 Å². The molecule has 4 atom stereocenters. The number of aliphatic hydroxyl groups is 1. The lowest BCUT2D eigenvalue weighted by molar-refractivity contribution is -0.163. The zero-order valence-electron chi connectivity index (χ0n) is 16.7. The monoisotopic (exact) mass is 453 g/mol. The lowest BCUT2D eigenvalue weighted by atomic mass is 9.79. The number of hydrogen-bond acceptors (Lipinski definition) is 7. The van der Waals surface area contributed by atoms with Gasteiger partial charge in [0.1, 0.15) is 5.70 Å². The summed E-state index contributed by atoms with van der Waals surface area (Å²) in [5.74, 6) is -2.22. The Balaban J connectivity index is 1.45. The number of benzene rings is 1. The van der Waals surface area contributed by atoms with Crippen LogP contribution < -0.4 is 0 Å². The molecule has 1 amide bonds. The van der Waals surface area contributed by atoms with Crippen LogP contribution in [0.1, 0.15) is 13.8 Å². The van der Waals surface area contributed by atoms with E-state index in [2.05, 4.69) is 4.98 Å². The predicted octanol–water partition coefficient (Wildman–Crippen LogP) is 3.60. The predicted molar refractivity (Wildman–Crippen MR) is 118 cm³/mol. The van der Waals surface area contributed by atoms with E-state index in [0.29, 0.717) is 9.24 Å². The molecule has 0 aliphatic carbocycles. The molecule has 1 unspecified atom stereocenters. The number of carbonyl (C=O) groups excluding carboxylic acids is 1. The fraction of sp³-hybridized carbons (Fsp3) is 0.273. The number of amides is 1. The van der Waals surface area contributed by atoms with Crippen LogP contribution in [-0.4, -0.2) is 49.1 Å². The van der Waals surface area contributed by atoms with E-state index in [1.54, 1.807) is 13.1 Å². The highest BCUT2D eigenvalue weighted by Gasteiger charge is 2.60. The van der Waals surface area contributed by atoms with Gasteiger partial charge in [-0.1, -0.05) is 30.8 Å². The van der Waals surface area contributed by atoms with Crippen LogP contribution in [0.4, 0.5) is 0 Å². The smallest absolute Gasteiger partial charge is 0.353 e. The van der Waals surface area contributed by atoms with Crippen molar-refractivity contribution in [2.45, 2.75) is 30.3 Å². The normalized spacial score (nSPS) is 23.8. The summed E-state index contributed by atoms with van der Waals surface area (Å²) >= 11 is 2.74. The Bertz CT molecular complexity index is 1250. The molecular formula is C22H19N3O4S2. The summed E-state index contributed by atoms with van der Waals surface area (Å²) in [5, 5.41) is 23.8. The molecule has 2 aliphatic heterocycles. The van der Waals surface area contributed by atoms with Crippen LogP contribution in [0, 0.1) is 11.8 Å². The molecular weight excluding hydrogens is 434 g/mol. The third kappa shape index (κ3) is 3.15. The van der Waals surface area contributed by atoms with Crippen LogP contribution in [0.3, 0.4) is 0 Å². The molecule has 1 fully saturated rings. The molecule has 1 aromatic carbocycles. The summed E-state index contributed by atoms with van der Waals surface area (Å²) < 4.78 is 0.713. The van der Waals surface area contributed by atoms with Gasteiger partial charge in [0.15, 0.2) is 4.34 Å². The van der Waals surface area contributed by atoms with Gasteiger partial charge in [-0.05, 0) is 24.4 Å². The zero-order chi connectivity index (χ0) is 21.9. The van der Waals surface area contributed by atoms with Crippen LogP contribution in [0.5, 0.6) is 0 Å². The number of aliphatic hydroxyl groups excluding tert-OH is 1. The summed E-state index contributed by atoms with van der Waals surface area (Å²) in [4.78, 5) is 35.2. The Morgan fingerprint density at radius 3 is 2.84 bits per heavy atom. The van der Waals surface area contributed by atoms with E-state index in [1.165, 1.54) is 28.0 Å². The molecule has 1 saturated heterocycles. The highest BCUT2D eigenvalue weighted by atomic mass is 32.2. The third-order valence-corrected chi connectivity index (χ3v) is 8.15. The maximum absolute atomic E-state index is 12.5. The summed E-state index contributed by atoms with van der Waals surface area (Å²) in [6.07, 6.45) is 2.75. The van der Waals surface area contributed by atoms with Crippen molar-refractivity contribution in [2.75, 3.05) is 0 Å². The van der Waals surface area contributed by atoms with Gasteiger partial charge in [-0.25, -0.2) is 9.78 Å². The summed E-state index contributed by atoms with van der Waals surface area (Å²) in [5.41, 5.74) is 1.78. The molecule has 158 valence electrons. The largest absolute Gasteiger partial charge is 0.477 e. The average Bonchev–Trinajstić information content (AvgIpc) is 3.30. The van der Waals surface area contributed by atoms with Crippen LogP contribution in [0.25, 0.3) is 22.0 Å². The van der Waals surface area contributed by atoms with E-state index in [9.17, 15) is 19.8 Å². The maximum atomic E-state index is 12.5. The summed E-state index contributed by atoms with van der Waals surface area (Å²) in [7, 11) is 0. The average molecular weight is 454 g/mol. The molecule has 0 saturated carbocycles. The second-order valence-corrected chi connectivity index (χ2v) is 9.96. The Kier molecular flexibility index (Phi) is 4.84. The summed E-state index contributed by atoms with van der Waals surface area (Å²) in [6, 6.07) is 7.69. The van der Waals surface area contributed by atoms with Gasteiger partial charge in [0.25, 0.3) is 0 Å². The van der Waals surface area contributed by atoms with E-state index in [-0.39, 0.29) is 23.6 Å². The van der Waals surface area contributed by atoms with Crippen molar-refractivity contribution in [2.24, 2.45) is 11.8 Å². The van der Waals surface area contributed by atoms with Gasteiger partial charge in [0, 0.05) is 39.5 Å². The molecule has 2 N–H and O–H groups in total. The van der Waals surface area contributed by atoms with Crippen LogP contribution in [0.15, 0.2) is 57.0 Å². The molecule has 9 heteroatoms. The van der Waals surface area contributed by atoms with E-state index < -0.39 is 18.0 Å². The third-order valence-electron chi connectivity index (χ3n) is 5.93. The highest BCUT2D eigenvalue weighted by molar-refractivity contribution is 8.04. The number of aromatic nitrogens is 2. The number of thioether (sulfide) groups is 1. The van der Waals surface area contributed by atoms with Crippen molar-refractivity contribution in [1.82, 2.24) is 14.9 Å². The van der Waals surface area contributed by atoms with Crippen LogP contribution in [0.2, 0.25) is 0 Å². The lowest BCUT2D eigenvalue weighted by Gasteiger charge is -2.46. The molecule has 0 spiro atoms. The van der Waals surface area contributed by atoms with Gasteiger partial charge in [-0.3, -0.25) is 9.78 Å². The number of hydrogen-bond donors (Lipinski definition) is 2. The van der Waals surface area contributed by atoms with Gasteiger partial charge >= 0.3 is 5.97 Å². The van der Waals surface area contributed by atoms with Gasteiger partial charge < -0.3 is 15.1 Å². The number of pyridine rings is 1. The standard InChI is InChI=1S/C22H19N3O4S2/c1-10-17-16(11(2)26)20(27)25(17)18(21(28)29)19(10)31-22-24-15(9-30-22)13-4-3-12-5-6-23-8-14(12)7-13/h3-11,16-17,26H,1-2H3,(H,28,29)/t10-,11-,16-,17?/m1/s1. The van der Waals surface area contributed by atoms with Crippen molar-refractivity contribution in [3.8, 4) is 11.3 Å². The van der Waals surface area contributed by atoms with E-state index in [0.717, 1.165) is 22.0 Å². The van der Waals surface area contributed by atoms with Crippen molar-refractivity contribution in [1.29, 1.82) is 0 Å². The van der Waals surface area contributed by atoms with E-state index >= 15 is 0 Å². The molecule has 2 aliphatic rings. The Hall–Kier alpha value is -2.75. The minimum Gasteiger partial charge on any atom is -0.477 e. The maximum Gasteiger partial charge on any atom is 0.353 e. The van der Waals surface area contributed by atoms with E-state index in [4.69, 9.17) is 4.98 Å². The second-order valence-electron chi connectivity index (χ2n) is 7.81. The minimum atomic E-state index is -1.13. The number of carbonyl (C=O) groups is 2. The van der Waals surface area contributed by atoms with Crippen molar-refractivity contribution in [3.05, 3.63) is 52.6 Å². The molecule has 0 radical (unpaired) electrons. The van der Waals surface area contributed by atoms with Crippen molar-refractivity contribution in [3.63, 3.8) is 0 Å². The van der Waals surface area contributed by atoms with Gasteiger partial charge in [-0.15, -0.1) is 11.3 Å². The molecule has 4 heterocycles. The quantitative estimate of drug-likeness (QED) is 0.569. The first-order chi connectivity index (χ1) is 14.9. The number of rotatable bonds is 5. The highest BCUT2D eigenvalue weighted by Crippen LogP contribution is 2.52. The van der Waals surface area contributed by atoms with Crippen molar-refractivity contribution < 1.29 is 19.8 Å². The molecule has 3 aromatic rings. The van der Waals surface area contributed by atoms with Gasteiger partial charge in [0.2, 0.25) is 5.91 Å². The van der Waals surface area contributed by atoms with Gasteiger partial charge in [-0.2, -0.15) is 0 Å². The number of nitrogens with zero attached hydrogens (tertiary/aromatic N) is 3. The Labute approximate surface area is 186 Å². The number of aliphatic carboxylic acids is 1. The molecule has 31 heavy (non-hydrogen) atoms. The van der Waals surface area contributed by atoms with Crippen molar-refractivity contribution >= 4 is 45.7 Å². The SMILES string of the molecule is C[C@H]1C(Sc2nc(-c3ccc4ccncc4c3)cs2)=C(C(=O)O)N2C(=O)[C@H]([C@@H](C)O)C12. The molecule has 7 nitrogen and oxygen atoms in total. The number of thiazole rings is 1. The molecule has 2 aromatic heterocycles. The number of carboxylic acid groups (broad SMARTS) is 1. The van der Waals surface area contributed by atoms with Gasteiger partial charge in [0.05, 0.1) is 23.8 Å². The first kappa shape index (κ1) is 20.2. The number of fused-ring (bicyclic) bond motifs is 2. The minimum absolute atomic E-state index is 0.0120. The first-order valence-electron chi connectivity index (χ1n) is 9.83. The summed E-state index contributed by atoms with van der Waals surface area (Å²) in [6.45, 7) is 3.48. The fourth-order valence-corrected chi connectivity index (χ4v) is 6.53. The fourth-order valence-electron chi connectivity index (χ4n) is 4.43. The molecule has 5 rings (SSSR count). The number of β-lactam (4-membered cyclic amide) rings is 1. The Morgan fingerprint density at radius 2 is 2.10 bits per heavy atom. The Morgan fingerprint density at radius 1 is 1.29 bits per heavy atom. The number of carboxylic acids is 1.